The van der Waals surface area contributed by atoms with Gasteiger partial charge in [0.1, 0.15) is 0 Å². The minimum atomic E-state index is -0.0437. The van der Waals surface area contributed by atoms with Crippen LogP contribution in [0.15, 0.2) is 144 Å². The Morgan fingerprint density at radius 3 is 1.98 bits per heavy atom. The Bertz CT molecular complexity index is 2040. The number of hydrogen-bond donors (Lipinski definition) is 0. The first kappa shape index (κ1) is 37.9. The number of para-hydroxylation sites is 2. The summed E-state index contributed by atoms with van der Waals surface area (Å²) in [7, 11) is 0. The first-order valence-electron chi connectivity index (χ1n) is 20.0. The van der Waals surface area contributed by atoms with Crippen LogP contribution in [0.5, 0.6) is 0 Å². The Morgan fingerprint density at radius 1 is 0.792 bits per heavy atom. The summed E-state index contributed by atoms with van der Waals surface area (Å²) in [4.78, 5) is 5.03. The summed E-state index contributed by atoms with van der Waals surface area (Å²) in [6.07, 6.45) is 13.8. The van der Waals surface area contributed by atoms with Crippen LogP contribution >= 0.6 is 0 Å². The van der Waals surface area contributed by atoms with Crippen LogP contribution in [0.1, 0.15) is 102 Å². The molecule has 274 valence electrons. The zero-order chi connectivity index (χ0) is 37.7. The van der Waals surface area contributed by atoms with Crippen molar-refractivity contribution in [3.8, 4) is 0 Å². The van der Waals surface area contributed by atoms with Gasteiger partial charge in [-0.25, -0.2) is 0 Å². The van der Waals surface area contributed by atoms with Gasteiger partial charge in [-0.3, -0.25) is 0 Å². The van der Waals surface area contributed by atoms with E-state index in [1.807, 2.05) is 0 Å². The molecule has 6 rings (SSSR count). The van der Waals surface area contributed by atoms with Gasteiger partial charge in [0.25, 0.3) is 0 Å². The first-order valence-corrected chi connectivity index (χ1v) is 20.0. The van der Waals surface area contributed by atoms with Crippen molar-refractivity contribution in [2.24, 2.45) is 0 Å². The summed E-state index contributed by atoms with van der Waals surface area (Å²) in [5.41, 5.74) is 17.2. The van der Waals surface area contributed by atoms with Crippen LogP contribution in [0, 0.1) is 13.8 Å². The lowest BCUT2D eigenvalue weighted by Crippen LogP contribution is -2.28. The van der Waals surface area contributed by atoms with Crippen LogP contribution in [-0.2, 0) is 5.41 Å². The number of hydrogen-bond acceptors (Lipinski definition) is 2. The Kier molecular flexibility index (Phi) is 11.7. The summed E-state index contributed by atoms with van der Waals surface area (Å²) < 4.78 is 2.48. The molecule has 0 saturated heterocycles. The third-order valence-electron chi connectivity index (χ3n) is 11.8. The molecular weight excluding hydrogens is 643 g/mol. The summed E-state index contributed by atoms with van der Waals surface area (Å²) in [5.74, 6) is 0.502. The minimum Gasteiger partial charge on any atom is -0.345 e. The van der Waals surface area contributed by atoms with Gasteiger partial charge in [0.05, 0.1) is 0 Å². The fourth-order valence-electron chi connectivity index (χ4n) is 8.40. The molecule has 1 aliphatic carbocycles. The number of likely N-dealkylation sites (N-methyl/N-ethyl adjacent to an activating group) is 1. The monoisotopic (exact) mass is 702 g/mol. The van der Waals surface area contributed by atoms with Gasteiger partial charge in [-0.15, -0.1) is 0 Å². The highest BCUT2D eigenvalue weighted by Crippen LogP contribution is 2.50. The van der Waals surface area contributed by atoms with E-state index < -0.39 is 0 Å². The van der Waals surface area contributed by atoms with Crippen molar-refractivity contribution in [2.45, 2.75) is 99.3 Å². The molecular formula is C50H60N3+. The van der Waals surface area contributed by atoms with Gasteiger partial charge in [0.2, 0.25) is 17.1 Å². The number of aryl methyl sites for hydroxylation is 2. The molecule has 2 aliphatic rings. The maximum absolute atomic E-state index is 2.54. The molecule has 4 aromatic rings. The SMILES string of the molecule is CCC(C)c1cc(C)ccc1N(CC)/C(C)=C/C=C1\CCC(=CC=C2N(CC)c3ccc(C)cc3C2(C)CC)C1=[N+](c1ccccc1)c1ccccc1. The fraction of sp³-hybridized carbons (Fsp3) is 0.340. The predicted molar refractivity (Wildman–Crippen MR) is 231 cm³/mol. The van der Waals surface area contributed by atoms with E-state index in [0.717, 1.165) is 38.8 Å². The molecule has 53 heavy (non-hydrogen) atoms. The Labute approximate surface area is 320 Å². The van der Waals surface area contributed by atoms with Gasteiger partial charge in [-0.1, -0.05) is 105 Å². The van der Waals surface area contributed by atoms with Gasteiger partial charge < -0.3 is 9.80 Å². The van der Waals surface area contributed by atoms with Gasteiger partial charge in [0, 0.05) is 76.7 Å². The zero-order valence-corrected chi connectivity index (χ0v) is 33.7. The summed E-state index contributed by atoms with van der Waals surface area (Å²) in [5, 5.41) is 0. The molecule has 1 fully saturated rings. The number of anilines is 2. The summed E-state index contributed by atoms with van der Waals surface area (Å²) >= 11 is 0. The Hall–Kier alpha value is -4.89. The highest BCUT2D eigenvalue weighted by Gasteiger charge is 2.42. The van der Waals surface area contributed by atoms with Crippen LogP contribution < -0.4 is 14.4 Å². The predicted octanol–water partition coefficient (Wildman–Crippen LogP) is 13.3. The fourth-order valence-corrected chi connectivity index (χ4v) is 8.40. The van der Waals surface area contributed by atoms with Gasteiger partial charge in [-0.05, 0) is 109 Å². The second-order valence-corrected chi connectivity index (χ2v) is 15.2. The number of benzene rings is 4. The molecule has 3 nitrogen and oxygen atoms in total. The number of fused-ring (bicyclic) bond motifs is 1. The molecule has 2 atom stereocenters. The lowest BCUT2D eigenvalue weighted by atomic mass is 9.78. The van der Waals surface area contributed by atoms with Crippen molar-refractivity contribution < 1.29 is 0 Å². The van der Waals surface area contributed by atoms with E-state index in [0.29, 0.717) is 5.92 Å². The van der Waals surface area contributed by atoms with E-state index in [-0.39, 0.29) is 5.41 Å². The van der Waals surface area contributed by atoms with Crippen molar-refractivity contribution in [3.05, 3.63) is 166 Å². The molecule has 2 unspecified atom stereocenters. The van der Waals surface area contributed by atoms with E-state index in [1.165, 1.54) is 73.3 Å². The van der Waals surface area contributed by atoms with Crippen LogP contribution in [0.2, 0.25) is 0 Å². The van der Waals surface area contributed by atoms with E-state index >= 15 is 0 Å². The van der Waals surface area contributed by atoms with Crippen molar-refractivity contribution >= 4 is 28.5 Å². The van der Waals surface area contributed by atoms with Gasteiger partial charge >= 0.3 is 0 Å². The quantitative estimate of drug-likeness (QED) is 0.144. The standard InChI is InChI=1S/C50H60N3/c1-10-38(7)44-34-36(5)24-31-46(44)51(12-3)39(8)26-27-40-28-29-41(49(40)53(42-20-16-14-17-21-42)43-22-18-15-19-23-43)30-33-48-50(9,11-2)45-35-37(6)25-32-47(45)52(48)13-4/h14-27,30-35,38H,10-13,28-29H2,1-9H3/q+1. The van der Waals surface area contributed by atoms with Crippen molar-refractivity contribution in [1.82, 2.24) is 4.58 Å². The van der Waals surface area contributed by atoms with E-state index in [9.17, 15) is 0 Å². The molecule has 1 saturated carbocycles. The van der Waals surface area contributed by atoms with Gasteiger partial charge in [0.15, 0.2) is 0 Å². The highest BCUT2D eigenvalue weighted by atomic mass is 15.2. The number of nitrogens with zero attached hydrogens (tertiary/aromatic N) is 3. The van der Waals surface area contributed by atoms with Gasteiger partial charge in [-0.2, -0.15) is 4.58 Å². The molecule has 0 radical (unpaired) electrons. The van der Waals surface area contributed by atoms with Crippen molar-refractivity contribution in [3.63, 3.8) is 0 Å². The average Bonchev–Trinajstić information content (AvgIpc) is 3.68. The van der Waals surface area contributed by atoms with Crippen LogP contribution in [0.4, 0.5) is 22.7 Å². The number of allylic oxidation sites excluding steroid dienone is 8. The summed E-state index contributed by atoms with van der Waals surface area (Å²) in [6, 6.07) is 35.7. The van der Waals surface area contributed by atoms with E-state index in [2.05, 4.69) is 198 Å². The third kappa shape index (κ3) is 7.49. The van der Waals surface area contributed by atoms with Crippen LogP contribution in [0.3, 0.4) is 0 Å². The molecule has 1 heterocycles. The smallest absolute Gasteiger partial charge is 0.218 e. The minimum absolute atomic E-state index is 0.0437. The summed E-state index contributed by atoms with van der Waals surface area (Å²) in [6.45, 7) is 22.5. The normalized spacial score (nSPS) is 20.1. The number of rotatable bonds is 11. The lowest BCUT2D eigenvalue weighted by Gasteiger charge is -2.28. The second-order valence-electron chi connectivity index (χ2n) is 15.2. The van der Waals surface area contributed by atoms with E-state index in [4.69, 9.17) is 0 Å². The Morgan fingerprint density at radius 2 is 1.40 bits per heavy atom. The second kappa shape index (κ2) is 16.4. The van der Waals surface area contributed by atoms with Crippen molar-refractivity contribution in [2.75, 3.05) is 22.9 Å². The largest absolute Gasteiger partial charge is 0.345 e. The zero-order valence-electron chi connectivity index (χ0n) is 33.7. The first-order chi connectivity index (χ1) is 25.6. The average molecular weight is 703 g/mol. The topological polar surface area (TPSA) is 9.49 Å². The molecule has 4 aromatic carbocycles. The molecule has 0 N–H and O–H groups in total. The maximum Gasteiger partial charge on any atom is 0.218 e. The van der Waals surface area contributed by atoms with Crippen LogP contribution in [0.25, 0.3) is 0 Å². The highest BCUT2D eigenvalue weighted by molar-refractivity contribution is 6.17. The lowest BCUT2D eigenvalue weighted by molar-refractivity contribution is 0.546. The molecule has 0 aromatic heterocycles. The molecule has 3 heteroatoms. The van der Waals surface area contributed by atoms with Crippen LogP contribution in [-0.4, -0.2) is 18.8 Å². The third-order valence-corrected chi connectivity index (χ3v) is 11.8. The molecule has 0 bridgehead atoms. The molecule has 0 spiro atoms. The Balaban J connectivity index is 1.52. The van der Waals surface area contributed by atoms with E-state index in [1.54, 1.807) is 0 Å². The maximum atomic E-state index is 2.54. The molecule has 0 amide bonds. The van der Waals surface area contributed by atoms with Crippen molar-refractivity contribution in [1.29, 1.82) is 0 Å². The molecule has 1 aliphatic heterocycles.